The third-order valence-electron chi connectivity index (χ3n) is 3.25. The van der Waals surface area contributed by atoms with Crippen LogP contribution in [0.25, 0.3) is 0 Å². The fourth-order valence-corrected chi connectivity index (χ4v) is 2.07. The summed E-state index contributed by atoms with van der Waals surface area (Å²) >= 11 is 0. The van der Waals surface area contributed by atoms with Gasteiger partial charge in [0.1, 0.15) is 5.75 Å². The zero-order chi connectivity index (χ0) is 14.9. The Balaban J connectivity index is 1.75. The highest BCUT2D eigenvalue weighted by Gasteiger charge is 2.05. The molecule has 0 saturated heterocycles. The van der Waals surface area contributed by atoms with E-state index < -0.39 is 6.10 Å². The van der Waals surface area contributed by atoms with Crippen LogP contribution in [0.4, 0.5) is 0 Å². The fourth-order valence-electron chi connectivity index (χ4n) is 2.07. The number of aliphatic hydroxyl groups is 1. The summed E-state index contributed by atoms with van der Waals surface area (Å²) in [7, 11) is 0. The van der Waals surface area contributed by atoms with Crippen LogP contribution >= 0.6 is 0 Å². The largest absolute Gasteiger partial charge is 0.494 e. The molecule has 0 saturated carbocycles. The molecule has 2 aromatic carbocycles. The molecule has 1 atom stereocenters. The molecule has 3 heteroatoms. The van der Waals surface area contributed by atoms with Gasteiger partial charge in [0.25, 0.3) is 0 Å². The number of benzene rings is 2. The second-order valence-electron chi connectivity index (χ2n) is 5.05. The van der Waals surface area contributed by atoms with E-state index in [1.807, 2.05) is 54.6 Å². The molecule has 0 heterocycles. The summed E-state index contributed by atoms with van der Waals surface area (Å²) in [5, 5.41) is 13.3. The van der Waals surface area contributed by atoms with Gasteiger partial charge in [-0.2, -0.15) is 0 Å². The Bertz CT molecular complexity index is 511. The van der Waals surface area contributed by atoms with Crippen molar-refractivity contribution in [3.63, 3.8) is 0 Å². The number of hydrogen-bond donors (Lipinski definition) is 2. The molecule has 2 N–H and O–H groups in total. The highest BCUT2D eigenvalue weighted by Crippen LogP contribution is 2.13. The van der Waals surface area contributed by atoms with Crippen molar-refractivity contribution in [2.45, 2.75) is 26.0 Å². The summed E-state index contributed by atoms with van der Waals surface area (Å²) in [5.74, 6) is 0.907. The van der Waals surface area contributed by atoms with E-state index in [0.29, 0.717) is 6.54 Å². The maximum Gasteiger partial charge on any atom is 0.119 e. The van der Waals surface area contributed by atoms with Crippen molar-refractivity contribution in [2.75, 3.05) is 13.2 Å². The molecule has 0 aliphatic rings. The first-order valence-corrected chi connectivity index (χ1v) is 7.45. The molecule has 112 valence electrons. The van der Waals surface area contributed by atoms with Gasteiger partial charge < -0.3 is 15.2 Å². The summed E-state index contributed by atoms with van der Waals surface area (Å²) < 4.78 is 5.55. The number of nitrogens with one attached hydrogen (secondary N) is 1. The molecule has 0 aliphatic carbocycles. The second-order valence-corrected chi connectivity index (χ2v) is 5.05. The molecule has 3 nitrogen and oxygen atoms in total. The van der Waals surface area contributed by atoms with Crippen LogP contribution in [0.15, 0.2) is 54.6 Å². The Morgan fingerprint density at radius 3 is 2.43 bits per heavy atom. The van der Waals surface area contributed by atoms with Crippen LogP contribution in [-0.2, 0) is 6.54 Å². The van der Waals surface area contributed by atoms with Gasteiger partial charge in [0.2, 0.25) is 0 Å². The predicted molar refractivity (Wildman–Crippen MR) is 85.3 cm³/mol. The van der Waals surface area contributed by atoms with Crippen molar-refractivity contribution in [3.8, 4) is 5.75 Å². The first-order valence-electron chi connectivity index (χ1n) is 7.45. The van der Waals surface area contributed by atoms with E-state index in [1.54, 1.807) is 0 Å². The van der Waals surface area contributed by atoms with Crippen molar-refractivity contribution in [3.05, 3.63) is 65.7 Å². The Morgan fingerprint density at radius 1 is 1.05 bits per heavy atom. The summed E-state index contributed by atoms with van der Waals surface area (Å²) in [6.07, 6.45) is 0.541. The zero-order valence-corrected chi connectivity index (χ0v) is 12.5. The Hall–Kier alpha value is -1.84. The topological polar surface area (TPSA) is 41.5 Å². The normalized spacial score (nSPS) is 12.1. The number of aliphatic hydroxyl groups excluding tert-OH is 1. The van der Waals surface area contributed by atoms with Crippen molar-refractivity contribution in [1.29, 1.82) is 0 Å². The van der Waals surface area contributed by atoms with Gasteiger partial charge in [-0.25, -0.2) is 0 Å². The van der Waals surface area contributed by atoms with Gasteiger partial charge >= 0.3 is 0 Å². The van der Waals surface area contributed by atoms with Gasteiger partial charge in [-0.05, 0) is 29.7 Å². The summed E-state index contributed by atoms with van der Waals surface area (Å²) in [6.45, 7) is 4.12. The van der Waals surface area contributed by atoms with Crippen LogP contribution in [0.2, 0.25) is 0 Å². The van der Waals surface area contributed by atoms with E-state index in [0.717, 1.165) is 30.9 Å². The lowest BCUT2D eigenvalue weighted by molar-refractivity contribution is 0.174. The molecular formula is C18H23NO2. The van der Waals surface area contributed by atoms with Crippen LogP contribution in [0.3, 0.4) is 0 Å². The van der Waals surface area contributed by atoms with E-state index in [9.17, 15) is 5.11 Å². The lowest BCUT2D eigenvalue weighted by Gasteiger charge is -2.12. The maximum absolute atomic E-state index is 10.1. The molecule has 0 unspecified atom stereocenters. The maximum atomic E-state index is 10.1. The predicted octanol–water partition coefficient (Wildman–Crippen LogP) is 3.30. The van der Waals surface area contributed by atoms with E-state index >= 15 is 0 Å². The molecule has 0 amide bonds. The Morgan fingerprint density at radius 2 is 1.76 bits per heavy atom. The van der Waals surface area contributed by atoms with Crippen molar-refractivity contribution >= 4 is 0 Å². The molecule has 2 aromatic rings. The van der Waals surface area contributed by atoms with E-state index in [-0.39, 0.29) is 0 Å². The number of hydrogen-bond acceptors (Lipinski definition) is 3. The molecule has 21 heavy (non-hydrogen) atoms. The molecule has 0 spiro atoms. The van der Waals surface area contributed by atoms with E-state index in [4.69, 9.17) is 4.74 Å². The molecule has 2 rings (SSSR count). The van der Waals surface area contributed by atoms with Crippen LogP contribution in [0.1, 0.15) is 30.6 Å². The number of rotatable bonds is 8. The van der Waals surface area contributed by atoms with Crippen LogP contribution in [0.5, 0.6) is 5.75 Å². The fraction of sp³-hybridized carbons (Fsp3) is 0.333. The molecular weight excluding hydrogens is 262 g/mol. The van der Waals surface area contributed by atoms with Crippen molar-refractivity contribution in [1.82, 2.24) is 5.32 Å². The average molecular weight is 285 g/mol. The average Bonchev–Trinajstić information content (AvgIpc) is 2.55. The Labute approximate surface area is 126 Å². The van der Waals surface area contributed by atoms with Crippen molar-refractivity contribution < 1.29 is 9.84 Å². The first kappa shape index (κ1) is 15.5. The smallest absolute Gasteiger partial charge is 0.119 e. The third kappa shape index (κ3) is 5.21. The van der Waals surface area contributed by atoms with Crippen molar-refractivity contribution in [2.24, 2.45) is 0 Å². The van der Waals surface area contributed by atoms with Gasteiger partial charge in [0, 0.05) is 13.1 Å². The molecule has 0 radical (unpaired) electrons. The highest BCUT2D eigenvalue weighted by atomic mass is 16.5. The van der Waals surface area contributed by atoms with Gasteiger partial charge in [0.05, 0.1) is 12.7 Å². The zero-order valence-electron chi connectivity index (χ0n) is 12.5. The minimum absolute atomic E-state index is 0.474. The summed E-state index contributed by atoms with van der Waals surface area (Å²) in [6, 6.07) is 17.8. The summed E-state index contributed by atoms with van der Waals surface area (Å²) in [5.41, 5.74) is 2.12. The van der Waals surface area contributed by atoms with Gasteiger partial charge in [-0.1, -0.05) is 49.4 Å². The molecule has 0 bridgehead atoms. The first-order chi connectivity index (χ1) is 10.3. The minimum atomic E-state index is -0.474. The summed E-state index contributed by atoms with van der Waals surface area (Å²) in [4.78, 5) is 0. The lowest BCUT2D eigenvalue weighted by Crippen LogP contribution is -2.21. The monoisotopic (exact) mass is 285 g/mol. The van der Waals surface area contributed by atoms with Gasteiger partial charge in [-0.15, -0.1) is 0 Å². The standard InChI is InChI=1S/C18H23NO2/c1-2-12-21-17-10-8-15(9-11-17)13-19-14-18(20)16-6-4-3-5-7-16/h3-11,18-20H,2,12-14H2,1H3/t18-/m1/s1. The minimum Gasteiger partial charge on any atom is -0.494 e. The number of ether oxygens (including phenoxy) is 1. The van der Waals surface area contributed by atoms with Gasteiger partial charge in [-0.3, -0.25) is 0 Å². The second kappa shape index (κ2) is 8.45. The molecule has 0 fully saturated rings. The highest BCUT2D eigenvalue weighted by molar-refractivity contribution is 5.27. The van der Waals surface area contributed by atoms with Crippen LogP contribution < -0.4 is 10.1 Å². The van der Waals surface area contributed by atoms with E-state index in [1.165, 1.54) is 5.56 Å². The third-order valence-corrected chi connectivity index (χ3v) is 3.25. The lowest BCUT2D eigenvalue weighted by atomic mass is 10.1. The van der Waals surface area contributed by atoms with Crippen LogP contribution in [0, 0.1) is 0 Å². The molecule has 0 aromatic heterocycles. The van der Waals surface area contributed by atoms with E-state index in [2.05, 4.69) is 12.2 Å². The molecule has 0 aliphatic heterocycles. The van der Waals surface area contributed by atoms with Crippen LogP contribution in [-0.4, -0.2) is 18.3 Å². The quantitative estimate of drug-likeness (QED) is 0.782. The SMILES string of the molecule is CCCOc1ccc(CNC[C@@H](O)c2ccccc2)cc1. The van der Waals surface area contributed by atoms with Gasteiger partial charge in [0.15, 0.2) is 0 Å². The Kier molecular flexibility index (Phi) is 6.25.